The molecular weight excluding hydrogens is 420 g/mol. The van der Waals surface area contributed by atoms with E-state index in [2.05, 4.69) is 10.1 Å². The first-order valence-electron chi connectivity index (χ1n) is 9.52. The maximum atomic E-state index is 12.3. The molecule has 0 radical (unpaired) electrons. The number of carbonyl (C=O) groups excluding carboxylic acids is 1. The molecule has 3 rings (SSSR count). The lowest BCUT2D eigenvalue weighted by molar-refractivity contribution is -0.144. The number of benzene rings is 2. The average Bonchev–Trinajstić information content (AvgIpc) is 3.30. The fraction of sp³-hybridized carbons (Fsp3) is 0.318. The normalized spacial score (nSPS) is 10.4. The van der Waals surface area contributed by atoms with Crippen molar-refractivity contribution in [3.05, 3.63) is 41.8 Å². The van der Waals surface area contributed by atoms with Crippen LogP contribution in [0.25, 0.3) is 11.4 Å². The third-order valence-corrected chi connectivity index (χ3v) is 4.55. The van der Waals surface area contributed by atoms with Gasteiger partial charge in [0.1, 0.15) is 11.5 Å². The smallest absolute Gasteiger partial charge is 0.310 e. The van der Waals surface area contributed by atoms with E-state index in [0.717, 1.165) is 0 Å². The molecule has 0 atom stereocenters. The first kappa shape index (κ1) is 22.7. The zero-order valence-corrected chi connectivity index (χ0v) is 18.5. The van der Waals surface area contributed by atoms with Crippen molar-refractivity contribution in [2.45, 2.75) is 13.0 Å². The molecule has 0 amide bonds. The van der Waals surface area contributed by atoms with E-state index in [4.69, 9.17) is 32.9 Å². The van der Waals surface area contributed by atoms with Crippen LogP contribution in [0.5, 0.6) is 28.7 Å². The predicted octanol–water partition coefficient (Wildman–Crippen LogP) is 3.07. The molecule has 170 valence electrons. The Labute approximate surface area is 184 Å². The third-order valence-electron chi connectivity index (χ3n) is 4.55. The molecular formula is C22H24N2O8. The van der Waals surface area contributed by atoms with Crippen molar-refractivity contribution in [2.75, 3.05) is 35.5 Å². The average molecular weight is 444 g/mol. The second-order valence-corrected chi connectivity index (χ2v) is 6.45. The summed E-state index contributed by atoms with van der Waals surface area (Å²) in [4.78, 5) is 16.6. The highest BCUT2D eigenvalue weighted by atomic mass is 16.6. The van der Waals surface area contributed by atoms with Gasteiger partial charge in [0, 0.05) is 6.07 Å². The van der Waals surface area contributed by atoms with E-state index in [0.29, 0.717) is 45.7 Å². The van der Waals surface area contributed by atoms with Gasteiger partial charge in [0.2, 0.25) is 11.6 Å². The van der Waals surface area contributed by atoms with Gasteiger partial charge >= 0.3 is 5.97 Å². The van der Waals surface area contributed by atoms with E-state index in [-0.39, 0.29) is 18.9 Å². The number of carbonyl (C=O) groups is 1. The first-order chi connectivity index (χ1) is 15.5. The molecule has 3 aromatic rings. The minimum atomic E-state index is -0.485. The molecule has 2 aromatic carbocycles. The first-order valence-corrected chi connectivity index (χ1v) is 9.52. The van der Waals surface area contributed by atoms with Crippen molar-refractivity contribution in [3.63, 3.8) is 0 Å². The molecule has 10 nitrogen and oxygen atoms in total. The maximum Gasteiger partial charge on any atom is 0.310 e. The highest BCUT2D eigenvalue weighted by Gasteiger charge is 2.18. The second kappa shape index (κ2) is 10.4. The molecule has 0 aliphatic rings. The predicted molar refractivity (Wildman–Crippen MR) is 112 cm³/mol. The number of rotatable bonds is 10. The van der Waals surface area contributed by atoms with Crippen LogP contribution in [0.1, 0.15) is 11.5 Å². The molecule has 0 fully saturated rings. The number of hydrogen-bond donors (Lipinski definition) is 0. The van der Waals surface area contributed by atoms with Crippen LogP contribution in [0.15, 0.2) is 34.9 Å². The van der Waals surface area contributed by atoms with Gasteiger partial charge in [0.05, 0.1) is 47.5 Å². The van der Waals surface area contributed by atoms with E-state index in [9.17, 15) is 4.79 Å². The number of methoxy groups -OCH3 is 5. The largest absolute Gasteiger partial charge is 0.497 e. The number of aromatic nitrogens is 2. The standard InChI is InChI=1S/C22H24N2O8/c1-26-14-6-7-15(16(11-14)27-2)22-23-19(32-24-22)12-31-20(25)10-13-8-17(28-3)21(30-5)18(9-13)29-4/h6-9,11H,10,12H2,1-5H3. The molecule has 0 saturated heterocycles. The molecule has 0 saturated carbocycles. The Morgan fingerprint density at radius 1 is 0.875 bits per heavy atom. The SMILES string of the molecule is COc1ccc(-c2noc(COC(=O)Cc3cc(OC)c(OC)c(OC)c3)n2)c(OC)c1. The van der Waals surface area contributed by atoms with Crippen molar-refractivity contribution in [3.8, 4) is 40.1 Å². The van der Waals surface area contributed by atoms with Crippen LogP contribution in [-0.4, -0.2) is 51.7 Å². The van der Waals surface area contributed by atoms with Gasteiger partial charge in [-0.3, -0.25) is 4.79 Å². The summed E-state index contributed by atoms with van der Waals surface area (Å²) in [6, 6.07) is 8.59. The van der Waals surface area contributed by atoms with Crippen LogP contribution < -0.4 is 23.7 Å². The summed E-state index contributed by atoms with van der Waals surface area (Å²) in [6.07, 6.45) is -0.00991. The van der Waals surface area contributed by atoms with Crippen molar-refractivity contribution in [2.24, 2.45) is 0 Å². The summed E-state index contributed by atoms with van der Waals surface area (Å²) >= 11 is 0. The lowest BCUT2D eigenvalue weighted by Crippen LogP contribution is -2.09. The van der Waals surface area contributed by atoms with Gasteiger partial charge in [-0.05, 0) is 29.8 Å². The Bertz CT molecular complexity index is 1050. The Hall–Kier alpha value is -3.95. The summed E-state index contributed by atoms with van der Waals surface area (Å²) in [5.41, 5.74) is 1.26. The molecule has 0 aliphatic heterocycles. The number of nitrogens with zero attached hydrogens (tertiary/aromatic N) is 2. The summed E-state index contributed by atoms with van der Waals surface area (Å²) in [5.74, 6) is 2.47. The van der Waals surface area contributed by atoms with Gasteiger partial charge in [0.25, 0.3) is 5.89 Å². The highest BCUT2D eigenvalue weighted by molar-refractivity contribution is 5.73. The monoisotopic (exact) mass is 444 g/mol. The van der Waals surface area contributed by atoms with E-state index < -0.39 is 5.97 Å². The molecule has 0 spiro atoms. The van der Waals surface area contributed by atoms with Crippen molar-refractivity contribution < 1.29 is 37.7 Å². The number of hydrogen-bond acceptors (Lipinski definition) is 10. The zero-order chi connectivity index (χ0) is 23.1. The van der Waals surface area contributed by atoms with Crippen LogP contribution in [0.2, 0.25) is 0 Å². The van der Waals surface area contributed by atoms with Crippen molar-refractivity contribution in [1.29, 1.82) is 0 Å². The Morgan fingerprint density at radius 3 is 2.16 bits per heavy atom. The Balaban J connectivity index is 1.66. The lowest BCUT2D eigenvalue weighted by Gasteiger charge is -2.13. The van der Waals surface area contributed by atoms with Crippen LogP contribution >= 0.6 is 0 Å². The van der Waals surface area contributed by atoms with E-state index in [1.165, 1.54) is 28.4 Å². The van der Waals surface area contributed by atoms with Crippen LogP contribution in [-0.2, 0) is 22.6 Å². The van der Waals surface area contributed by atoms with Crippen molar-refractivity contribution >= 4 is 5.97 Å². The van der Waals surface area contributed by atoms with Crippen LogP contribution in [0, 0.1) is 0 Å². The van der Waals surface area contributed by atoms with Gasteiger partial charge < -0.3 is 32.9 Å². The van der Waals surface area contributed by atoms with Crippen LogP contribution in [0.4, 0.5) is 0 Å². The lowest BCUT2D eigenvalue weighted by atomic mass is 10.1. The summed E-state index contributed by atoms with van der Waals surface area (Å²) in [6.45, 7) is -0.172. The third kappa shape index (κ3) is 5.02. The van der Waals surface area contributed by atoms with Gasteiger partial charge in [-0.25, -0.2) is 0 Å². The quantitative estimate of drug-likeness (QED) is 0.433. The molecule has 32 heavy (non-hydrogen) atoms. The van der Waals surface area contributed by atoms with E-state index >= 15 is 0 Å². The fourth-order valence-corrected chi connectivity index (χ4v) is 3.00. The fourth-order valence-electron chi connectivity index (χ4n) is 3.00. The highest BCUT2D eigenvalue weighted by Crippen LogP contribution is 2.38. The molecule has 0 bridgehead atoms. The van der Waals surface area contributed by atoms with Gasteiger partial charge in [-0.1, -0.05) is 5.16 Å². The summed E-state index contributed by atoms with van der Waals surface area (Å²) in [5, 5.41) is 3.93. The maximum absolute atomic E-state index is 12.3. The summed E-state index contributed by atoms with van der Waals surface area (Å²) in [7, 11) is 7.61. The molecule has 1 heterocycles. The molecule has 1 aromatic heterocycles. The number of esters is 1. The topological polar surface area (TPSA) is 111 Å². The second-order valence-electron chi connectivity index (χ2n) is 6.45. The zero-order valence-electron chi connectivity index (χ0n) is 18.5. The summed E-state index contributed by atoms with van der Waals surface area (Å²) < 4.78 is 36.9. The Morgan fingerprint density at radius 2 is 1.56 bits per heavy atom. The van der Waals surface area contributed by atoms with E-state index in [1.54, 1.807) is 37.4 Å². The van der Waals surface area contributed by atoms with Crippen LogP contribution in [0.3, 0.4) is 0 Å². The molecule has 0 unspecified atom stereocenters. The Kier molecular flexibility index (Phi) is 7.37. The molecule has 0 N–H and O–H groups in total. The minimum Gasteiger partial charge on any atom is -0.497 e. The van der Waals surface area contributed by atoms with Gasteiger partial charge in [-0.2, -0.15) is 4.98 Å². The minimum absolute atomic E-state index is 0.00991. The van der Waals surface area contributed by atoms with Gasteiger partial charge in [-0.15, -0.1) is 0 Å². The molecule has 10 heteroatoms. The van der Waals surface area contributed by atoms with E-state index in [1.807, 2.05) is 0 Å². The molecule has 0 aliphatic carbocycles. The van der Waals surface area contributed by atoms with Gasteiger partial charge in [0.15, 0.2) is 18.1 Å². The number of ether oxygens (including phenoxy) is 6. The van der Waals surface area contributed by atoms with Crippen molar-refractivity contribution in [1.82, 2.24) is 10.1 Å².